The summed E-state index contributed by atoms with van der Waals surface area (Å²) in [6.45, 7) is 4.65. The minimum absolute atomic E-state index is 0.393. The van der Waals surface area contributed by atoms with Crippen molar-refractivity contribution in [2.75, 3.05) is 0 Å². The van der Waals surface area contributed by atoms with E-state index in [-0.39, 0.29) is 0 Å². The molecule has 0 fully saturated rings. The highest BCUT2D eigenvalue weighted by Gasteiger charge is 2.43. The van der Waals surface area contributed by atoms with Crippen molar-refractivity contribution in [1.82, 2.24) is 14.5 Å². The number of hydrogen-bond donors (Lipinski definition) is 0. The van der Waals surface area contributed by atoms with E-state index < -0.39 is 5.41 Å². The molecule has 4 nitrogen and oxygen atoms in total. The van der Waals surface area contributed by atoms with Crippen molar-refractivity contribution >= 4 is 54.9 Å². The van der Waals surface area contributed by atoms with E-state index in [2.05, 4.69) is 182 Å². The average Bonchev–Trinajstić information content (AvgIpc) is 3.87. The predicted molar refractivity (Wildman–Crippen MR) is 226 cm³/mol. The highest BCUT2D eigenvalue weighted by molar-refractivity contribution is 6.23. The maximum atomic E-state index is 6.56. The Morgan fingerprint density at radius 2 is 1.07 bits per heavy atom. The first-order chi connectivity index (χ1) is 27.1. The van der Waals surface area contributed by atoms with Gasteiger partial charge in [0.2, 0.25) is 0 Å². The number of rotatable bonds is 5. The van der Waals surface area contributed by atoms with Crippen molar-refractivity contribution in [3.05, 3.63) is 198 Å². The quantitative estimate of drug-likeness (QED) is 0.179. The van der Waals surface area contributed by atoms with Gasteiger partial charge in [-0.05, 0) is 53.1 Å². The van der Waals surface area contributed by atoms with Crippen molar-refractivity contribution in [3.8, 4) is 28.3 Å². The summed E-state index contributed by atoms with van der Waals surface area (Å²) in [4.78, 5) is 10.9. The molecule has 260 valence electrons. The van der Waals surface area contributed by atoms with Crippen LogP contribution in [-0.2, 0) is 5.41 Å². The summed E-state index contributed by atoms with van der Waals surface area (Å²) in [7, 11) is 0. The van der Waals surface area contributed by atoms with Crippen LogP contribution in [0.4, 0.5) is 0 Å². The van der Waals surface area contributed by atoms with Crippen LogP contribution in [0.3, 0.4) is 0 Å². The number of benzene rings is 7. The van der Waals surface area contributed by atoms with Crippen molar-refractivity contribution in [1.29, 1.82) is 0 Å². The molecule has 0 saturated heterocycles. The molecule has 0 radical (unpaired) electrons. The molecule has 3 heterocycles. The van der Waals surface area contributed by atoms with Crippen LogP contribution in [-0.4, -0.2) is 14.5 Å². The molecule has 0 aliphatic heterocycles. The number of nitrogens with zero attached hydrogens (tertiary/aromatic N) is 3. The lowest BCUT2D eigenvalue weighted by atomic mass is 9.76. The van der Waals surface area contributed by atoms with Crippen LogP contribution >= 0.6 is 0 Å². The topological polar surface area (TPSA) is 43.9 Å². The molecular formula is C51H35N3O. The van der Waals surface area contributed by atoms with E-state index in [9.17, 15) is 0 Å². The molecule has 7 aromatic carbocycles. The zero-order chi connectivity index (χ0) is 36.7. The SMILES string of the molecule is CC1(C)C(c2ccccc2)=C(c2ccccc2)c2nc(-c3ccccc3)nc(-c3ccc(-n4c5ccccc5c5c6oc7ccccc7c6ccc54)cc3)c21. The zero-order valence-electron chi connectivity index (χ0n) is 30.5. The van der Waals surface area contributed by atoms with E-state index in [0.29, 0.717) is 5.82 Å². The molecule has 1 aliphatic carbocycles. The summed E-state index contributed by atoms with van der Waals surface area (Å²) in [5.74, 6) is 0.717. The number of hydrogen-bond acceptors (Lipinski definition) is 3. The third-order valence-corrected chi connectivity index (χ3v) is 11.4. The van der Waals surface area contributed by atoms with Gasteiger partial charge >= 0.3 is 0 Å². The van der Waals surface area contributed by atoms with Crippen LogP contribution in [0.1, 0.15) is 36.2 Å². The van der Waals surface area contributed by atoms with E-state index in [1.54, 1.807) is 0 Å². The fourth-order valence-corrected chi connectivity index (χ4v) is 8.99. The lowest BCUT2D eigenvalue weighted by molar-refractivity contribution is 0.673. The Morgan fingerprint density at radius 1 is 0.473 bits per heavy atom. The predicted octanol–water partition coefficient (Wildman–Crippen LogP) is 13.1. The number of fused-ring (bicyclic) bond motifs is 8. The Morgan fingerprint density at radius 3 is 1.80 bits per heavy atom. The largest absolute Gasteiger partial charge is 0.455 e. The van der Waals surface area contributed by atoms with Crippen molar-refractivity contribution in [2.45, 2.75) is 19.3 Å². The second-order valence-corrected chi connectivity index (χ2v) is 14.9. The summed E-state index contributed by atoms with van der Waals surface area (Å²) in [6, 6.07) is 62.1. The van der Waals surface area contributed by atoms with E-state index in [0.717, 1.165) is 83.3 Å². The van der Waals surface area contributed by atoms with Gasteiger partial charge in [-0.1, -0.05) is 153 Å². The molecule has 0 bridgehead atoms. The van der Waals surface area contributed by atoms with Gasteiger partial charge in [0.05, 0.1) is 27.8 Å². The van der Waals surface area contributed by atoms with Gasteiger partial charge < -0.3 is 8.98 Å². The average molecular weight is 706 g/mol. The van der Waals surface area contributed by atoms with Gasteiger partial charge in [-0.2, -0.15) is 0 Å². The highest BCUT2D eigenvalue weighted by Crippen LogP contribution is 2.55. The fraction of sp³-hybridized carbons (Fsp3) is 0.0588. The summed E-state index contributed by atoms with van der Waals surface area (Å²) < 4.78 is 8.91. The number of aromatic nitrogens is 3. The maximum absolute atomic E-state index is 6.56. The second kappa shape index (κ2) is 12.0. The summed E-state index contributed by atoms with van der Waals surface area (Å²) in [5, 5.41) is 4.57. The Bertz CT molecular complexity index is 3130. The zero-order valence-corrected chi connectivity index (χ0v) is 30.5. The number of furan rings is 1. The Hall–Kier alpha value is -7.04. The van der Waals surface area contributed by atoms with Gasteiger partial charge in [0.15, 0.2) is 5.82 Å². The first-order valence-electron chi connectivity index (χ1n) is 18.8. The summed E-state index contributed by atoms with van der Waals surface area (Å²) in [6.07, 6.45) is 0. The Labute approximate surface area is 318 Å². The lowest BCUT2D eigenvalue weighted by Crippen LogP contribution is -2.19. The van der Waals surface area contributed by atoms with Gasteiger partial charge in [-0.15, -0.1) is 0 Å². The van der Waals surface area contributed by atoms with E-state index >= 15 is 0 Å². The molecular weight excluding hydrogens is 671 g/mol. The first-order valence-corrected chi connectivity index (χ1v) is 18.8. The molecule has 0 saturated carbocycles. The molecule has 11 rings (SSSR count). The van der Waals surface area contributed by atoms with Gasteiger partial charge in [0.1, 0.15) is 11.2 Å². The fourth-order valence-electron chi connectivity index (χ4n) is 8.99. The minimum Gasteiger partial charge on any atom is -0.455 e. The van der Waals surface area contributed by atoms with Gasteiger partial charge in [-0.3, -0.25) is 0 Å². The molecule has 1 aliphatic rings. The van der Waals surface area contributed by atoms with Gasteiger partial charge in [-0.25, -0.2) is 9.97 Å². The lowest BCUT2D eigenvalue weighted by Gasteiger charge is -2.27. The molecule has 55 heavy (non-hydrogen) atoms. The third kappa shape index (κ3) is 4.71. The number of para-hydroxylation sites is 2. The molecule has 0 amide bonds. The van der Waals surface area contributed by atoms with Crippen LogP contribution in [0.2, 0.25) is 0 Å². The summed E-state index contributed by atoms with van der Waals surface area (Å²) in [5.41, 5.74) is 14.6. The first kappa shape index (κ1) is 31.5. The smallest absolute Gasteiger partial charge is 0.160 e. The Balaban J connectivity index is 1.13. The van der Waals surface area contributed by atoms with E-state index in [1.165, 1.54) is 16.5 Å². The normalized spacial score (nSPS) is 13.7. The summed E-state index contributed by atoms with van der Waals surface area (Å²) >= 11 is 0. The molecule has 0 spiro atoms. The van der Waals surface area contributed by atoms with Crippen molar-refractivity contribution in [3.63, 3.8) is 0 Å². The molecule has 0 atom stereocenters. The molecule has 4 heteroatoms. The van der Waals surface area contributed by atoms with Crippen LogP contribution in [0.15, 0.2) is 180 Å². The third-order valence-electron chi connectivity index (χ3n) is 11.4. The van der Waals surface area contributed by atoms with Crippen molar-refractivity contribution < 1.29 is 4.42 Å². The van der Waals surface area contributed by atoms with Gasteiger partial charge in [0, 0.05) is 49.5 Å². The molecule has 3 aromatic heterocycles. The highest BCUT2D eigenvalue weighted by atomic mass is 16.3. The van der Waals surface area contributed by atoms with Crippen molar-refractivity contribution in [2.24, 2.45) is 0 Å². The monoisotopic (exact) mass is 705 g/mol. The second-order valence-electron chi connectivity index (χ2n) is 14.9. The van der Waals surface area contributed by atoms with Crippen LogP contribution < -0.4 is 0 Å². The number of allylic oxidation sites excluding steroid dienone is 1. The van der Waals surface area contributed by atoms with Crippen LogP contribution in [0.25, 0.3) is 83.2 Å². The standard InChI is InChI=1S/C51H35N3O/c1-51(2)45(33-18-8-4-9-19-33)43(32-16-6-3-7-17-32)48-46(51)47(52-50(53-48)35-20-10-5-11-21-35)34-26-28-36(29-27-34)54-40-24-14-12-23-39(40)44-41(54)31-30-38-37-22-13-15-25-42(37)55-49(38)44/h3-31H,1-2H3. The van der Waals surface area contributed by atoms with Gasteiger partial charge in [0.25, 0.3) is 0 Å². The van der Waals surface area contributed by atoms with Crippen LogP contribution in [0, 0.1) is 0 Å². The Kier molecular flexibility index (Phi) is 6.86. The van der Waals surface area contributed by atoms with E-state index in [1.807, 2.05) is 12.1 Å². The van der Waals surface area contributed by atoms with E-state index in [4.69, 9.17) is 14.4 Å². The minimum atomic E-state index is -0.393. The molecule has 0 unspecified atom stereocenters. The molecule has 10 aromatic rings. The van der Waals surface area contributed by atoms with Crippen LogP contribution in [0.5, 0.6) is 0 Å². The molecule has 0 N–H and O–H groups in total. The maximum Gasteiger partial charge on any atom is 0.160 e.